The van der Waals surface area contributed by atoms with Gasteiger partial charge in [-0.05, 0) is 20.3 Å². The zero-order chi connectivity index (χ0) is 11.2. The van der Waals surface area contributed by atoms with Crippen molar-refractivity contribution in [3.05, 3.63) is 11.8 Å². The Labute approximate surface area is 84.1 Å². The number of carbonyl (C=O) groups excluding carboxylic acids is 1. The molecule has 0 aromatic rings. The molecule has 0 saturated heterocycles. The number of halogens is 1. The summed E-state index contributed by atoms with van der Waals surface area (Å²) < 4.78 is 17.9. The highest BCUT2D eigenvalue weighted by atomic mass is 19.1. The van der Waals surface area contributed by atoms with Crippen molar-refractivity contribution in [1.29, 1.82) is 0 Å². The van der Waals surface area contributed by atoms with Crippen LogP contribution in [0.5, 0.6) is 0 Å². The number of ether oxygens (including phenoxy) is 1. The second kappa shape index (κ2) is 5.62. The van der Waals surface area contributed by atoms with Gasteiger partial charge < -0.3 is 10.5 Å². The monoisotopic (exact) mass is 203 g/mol. The average Bonchev–Trinajstić information content (AvgIpc) is 2.03. The molecule has 0 spiro atoms. The van der Waals surface area contributed by atoms with Gasteiger partial charge in [0.05, 0.1) is 12.3 Å². The normalized spacial score (nSPS) is 12.7. The molecule has 4 heteroatoms. The minimum atomic E-state index is -1.68. The fourth-order valence-corrected chi connectivity index (χ4v) is 0.657. The molecule has 3 nitrogen and oxygen atoms in total. The third-order valence-electron chi connectivity index (χ3n) is 1.70. The largest absolute Gasteiger partial charge is 0.462 e. The zero-order valence-corrected chi connectivity index (χ0v) is 8.97. The second-order valence-electron chi connectivity index (χ2n) is 3.59. The number of alkyl halides is 1. The minimum Gasteiger partial charge on any atom is -0.462 e. The van der Waals surface area contributed by atoms with Crippen LogP contribution in [0, 0.1) is 0 Å². The van der Waals surface area contributed by atoms with E-state index in [9.17, 15) is 9.18 Å². The Kier molecular flexibility index (Phi) is 5.20. The van der Waals surface area contributed by atoms with Gasteiger partial charge in [0.1, 0.15) is 5.67 Å². The molecule has 0 heterocycles. The van der Waals surface area contributed by atoms with Gasteiger partial charge in [0.15, 0.2) is 0 Å². The molecule has 0 aliphatic rings. The summed E-state index contributed by atoms with van der Waals surface area (Å²) in [5, 5.41) is 0. The molecular formula is C10H18FNO2. The van der Waals surface area contributed by atoms with E-state index in [-0.39, 0.29) is 5.70 Å². The van der Waals surface area contributed by atoms with Crippen molar-refractivity contribution in [3.63, 3.8) is 0 Å². The fraction of sp³-hybridized carbons (Fsp3) is 0.700. The van der Waals surface area contributed by atoms with Gasteiger partial charge in [-0.1, -0.05) is 13.3 Å². The lowest BCUT2D eigenvalue weighted by Gasteiger charge is -2.13. The number of nitrogens with two attached hydrogens (primary N) is 1. The maximum absolute atomic E-state index is 13.1. The van der Waals surface area contributed by atoms with Gasteiger partial charge in [-0.3, -0.25) is 0 Å². The van der Waals surface area contributed by atoms with Crippen LogP contribution in [0.25, 0.3) is 0 Å². The number of hydrogen-bond donors (Lipinski definition) is 1. The summed E-state index contributed by atoms with van der Waals surface area (Å²) in [7, 11) is 0. The Bertz CT molecular complexity index is 219. The highest BCUT2D eigenvalue weighted by Gasteiger charge is 2.20. The molecule has 0 aliphatic carbocycles. The smallest absolute Gasteiger partial charge is 0.332 e. The van der Waals surface area contributed by atoms with E-state index >= 15 is 0 Å². The molecule has 0 saturated carbocycles. The molecule has 14 heavy (non-hydrogen) atoms. The summed E-state index contributed by atoms with van der Waals surface area (Å²) >= 11 is 0. The van der Waals surface area contributed by atoms with E-state index < -0.39 is 11.6 Å². The van der Waals surface area contributed by atoms with Crippen LogP contribution < -0.4 is 5.73 Å². The van der Waals surface area contributed by atoms with Crippen molar-refractivity contribution in [2.75, 3.05) is 6.61 Å². The van der Waals surface area contributed by atoms with Gasteiger partial charge in [-0.15, -0.1) is 0 Å². The van der Waals surface area contributed by atoms with Crippen LogP contribution in [0.4, 0.5) is 4.39 Å². The third kappa shape index (κ3) is 5.56. The molecule has 0 atom stereocenters. The van der Waals surface area contributed by atoms with Crippen LogP contribution in [0.2, 0.25) is 0 Å². The van der Waals surface area contributed by atoms with E-state index in [1.165, 1.54) is 13.8 Å². The first kappa shape index (κ1) is 12.9. The topological polar surface area (TPSA) is 52.3 Å². The molecule has 0 fully saturated rings. The molecule has 0 radical (unpaired) electrons. The standard InChI is InChI=1S/C10H18FNO2/c1-4-5-6-14-9(13)7-8(12)10(2,3)11/h7H,4-6,12H2,1-3H3. The molecule has 0 aromatic carbocycles. The van der Waals surface area contributed by atoms with E-state index in [1.54, 1.807) is 0 Å². The maximum Gasteiger partial charge on any atom is 0.332 e. The van der Waals surface area contributed by atoms with Crippen LogP contribution in [-0.4, -0.2) is 18.2 Å². The molecule has 82 valence electrons. The Balaban J connectivity index is 4.03. The van der Waals surface area contributed by atoms with E-state index in [4.69, 9.17) is 10.5 Å². The Morgan fingerprint density at radius 2 is 2.14 bits per heavy atom. The molecule has 0 aliphatic heterocycles. The lowest BCUT2D eigenvalue weighted by atomic mass is 10.1. The summed E-state index contributed by atoms with van der Waals surface area (Å²) in [5.41, 5.74) is 3.55. The zero-order valence-electron chi connectivity index (χ0n) is 8.97. The number of allylic oxidation sites excluding steroid dienone is 1. The maximum atomic E-state index is 13.1. The molecule has 0 aromatic heterocycles. The van der Waals surface area contributed by atoms with Crippen molar-refractivity contribution in [1.82, 2.24) is 0 Å². The van der Waals surface area contributed by atoms with Gasteiger partial charge in [0.25, 0.3) is 0 Å². The summed E-state index contributed by atoms with van der Waals surface area (Å²) in [4.78, 5) is 11.0. The van der Waals surface area contributed by atoms with E-state index in [1.807, 2.05) is 6.92 Å². The minimum absolute atomic E-state index is 0.112. The molecule has 0 amide bonds. The molecule has 2 N–H and O–H groups in total. The molecule has 0 rings (SSSR count). The number of hydrogen-bond acceptors (Lipinski definition) is 3. The first-order chi connectivity index (χ1) is 6.38. The predicted octanol–water partition coefficient (Wildman–Crippen LogP) is 1.92. The van der Waals surface area contributed by atoms with Crippen LogP contribution >= 0.6 is 0 Å². The number of esters is 1. The van der Waals surface area contributed by atoms with Gasteiger partial charge in [0, 0.05) is 6.08 Å². The van der Waals surface area contributed by atoms with Crippen molar-refractivity contribution in [3.8, 4) is 0 Å². The summed E-state index contributed by atoms with van der Waals surface area (Å²) in [6.07, 6.45) is 2.75. The first-order valence-corrected chi connectivity index (χ1v) is 4.71. The highest BCUT2D eigenvalue weighted by Crippen LogP contribution is 2.15. The first-order valence-electron chi connectivity index (χ1n) is 4.71. The van der Waals surface area contributed by atoms with E-state index in [0.717, 1.165) is 18.9 Å². The predicted molar refractivity (Wildman–Crippen MR) is 53.3 cm³/mol. The number of rotatable bonds is 5. The molecule has 0 unspecified atom stereocenters. The van der Waals surface area contributed by atoms with E-state index in [0.29, 0.717) is 6.61 Å². The summed E-state index contributed by atoms with van der Waals surface area (Å²) in [6.45, 7) is 4.92. The van der Waals surface area contributed by atoms with E-state index in [2.05, 4.69) is 0 Å². The van der Waals surface area contributed by atoms with Crippen molar-refractivity contribution >= 4 is 5.97 Å². The highest BCUT2D eigenvalue weighted by molar-refractivity contribution is 5.82. The molecular weight excluding hydrogens is 185 g/mol. The van der Waals surface area contributed by atoms with Crippen molar-refractivity contribution in [2.45, 2.75) is 39.3 Å². The lowest BCUT2D eigenvalue weighted by molar-refractivity contribution is -0.138. The van der Waals surface area contributed by atoms with Gasteiger partial charge in [-0.2, -0.15) is 0 Å². The summed E-state index contributed by atoms with van der Waals surface area (Å²) in [6, 6.07) is 0. The third-order valence-corrected chi connectivity index (χ3v) is 1.70. The quantitative estimate of drug-likeness (QED) is 0.422. The second-order valence-corrected chi connectivity index (χ2v) is 3.59. The van der Waals surface area contributed by atoms with Crippen LogP contribution in [-0.2, 0) is 9.53 Å². The van der Waals surface area contributed by atoms with Crippen molar-refractivity contribution in [2.24, 2.45) is 5.73 Å². The van der Waals surface area contributed by atoms with Gasteiger partial charge in [-0.25, -0.2) is 9.18 Å². The summed E-state index contributed by atoms with van der Waals surface area (Å²) in [5.74, 6) is -0.582. The Morgan fingerprint density at radius 3 is 2.57 bits per heavy atom. The fourth-order valence-electron chi connectivity index (χ4n) is 0.657. The Morgan fingerprint density at radius 1 is 1.57 bits per heavy atom. The molecule has 0 bridgehead atoms. The van der Waals surface area contributed by atoms with Crippen molar-refractivity contribution < 1.29 is 13.9 Å². The SMILES string of the molecule is CCCCOC(=O)C=C(N)C(C)(C)F. The van der Waals surface area contributed by atoms with Crippen LogP contribution in [0.3, 0.4) is 0 Å². The van der Waals surface area contributed by atoms with Crippen LogP contribution in [0.1, 0.15) is 33.6 Å². The Hall–Kier alpha value is -1.06. The number of carbonyl (C=O) groups is 1. The number of unbranched alkanes of at least 4 members (excludes halogenated alkanes) is 1. The lowest BCUT2D eigenvalue weighted by Crippen LogP contribution is -2.24. The van der Waals surface area contributed by atoms with Gasteiger partial charge >= 0.3 is 5.97 Å². The van der Waals surface area contributed by atoms with Crippen LogP contribution in [0.15, 0.2) is 11.8 Å². The average molecular weight is 203 g/mol. The van der Waals surface area contributed by atoms with Gasteiger partial charge in [0.2, 0.25) is 0 Å².